The number of benzene rings is 2. The van der Waals surface area contributed by atoms with Gasteiger partial charge in [0.1, 0.15) is 0 Å². The number of carbonyl (C=O) groups is 1. The van der Waals surface area contributed by atoms with E-state index in [9.17, 15) is 13.2 Å². The molecule has 0 heterocycles. The molecule has 0 saturated carbocycles. The van der Waals surface area contributed by atoms with Gasteiger partial charge in [0.2, 0.25) is 10.0 Å². The second-order valence-corrected chi connectivity index (χ2v) is 7.66. The lowest BCUT2D eigenvalue weighted by molar-refractivity contribution is 0.104. The number of nitrogens with zero attached hydrogens (tertiary/aromatic N) is 1. The molecule has 0 bridgehead atoms. The third kappa shape index (κ3) is 4.65. The molecule has 0 saturated heterocycles. The summed E-state index contributed by atoms with van der Waals surface area (Å²) in [6.07, 6.45) is 3.26. The van der Waals surface area contributed by atoms with Crippen LogP contribution in [-0.2, 0) is 10.0 Å². The maximum Gasteiger partial charge on any atom is 0.243 e. The first kappa shape index (κ1) is 19.1. The molecule has 0 radical (unpaired) electrons. The van der Waals surface area contributed by atoms with Crippen LogP contribution >= 0.6 is 0 Å². The molecule has 0 aliphatic heterocycles. The van der Waals surface area contributed by atoms with E-state index in [1.165, 1.54) is 22.5 Å². The van der Waals surface area contributed by atoms with Gasteiger partial charge in [-0.05, 0) is 42.8 Å². The third-order valence-corrected chi connectivity index (χ3v) is 6.02. The van der Waals surface area contributed by atoms with E-state index in [2.05, 4.69) is 0 Å². The minimum absolute atomic E-state index is 0.159. The molecule has 0 aliphatic rings. The summed E-state index contributed by atoms with van der Waals surface area (Å²) in [7, 11) is -3.50. The number of rotatable bonds is 7. The molecule has 0 amide bonds. The highest BCUT2D eigenvalue weighted by Gasteiger charge is 2.21. The molecular formula is C20H23NO3S. The maximum absolute atomic E-state index is 12.4. The van der Waals surface area contributed by atoms with Gasteiger partial charge in [-0.25, -0.2) is 8.42 Å². The van der Waals surface area contributed by atoms with E-state index >= 15 is 0 Å². The monoisotopic (exact) mass is 357 g/mol. The predicted molar refractivity (Wildman–Crippen MR) is 101 cm³/mol. The lowest BCUT2D eigenvalue weighted by Crippen LogP contribution is -2.30. The molecular weight excluding hydrogens is 334 g/mol. The fraction of sp³-hybridized carbons (Fsp3) is 0.250. The van der Waals surface area contributed by atoms with Crippen molar-refractivity contribution in [3.8, 4) is 0 Å². The zero-order valence-corrected chi connectivity index (χ0v) is 15.6. The highest BCUT2D eigenvalue weighted by atomic mass is 32.2. The average Bonchev–Trinajstić information content (AvgIpc) is 2.60. The maximum atomic E-state index is 12.4. The number of aryl methyl sites for hydroxylation is 1. The van der Waals surface area contributed by atoms with Crippen LogP contribution < -0.4 is 0 Å². The SMILES string of the molecule is CCN(CC)S(=O)(=O)c1ccc(C(=O)/C=C/c2cccc(C)c2)cc1. The van der Waals surface area contributed by atoms with Crippen LogP contribution in [0, 0.1) is 6.92 Å². The predicted octanol–water partition coefficient (Wildman–Crippen LogP) is 3.92. The highest BCUT2D eigenvalue weighted by molar-refractivity contribution is 7.89. The van der Waals surface area contributed by atoms with Gasteiger partial charge in [0.15, 0.2) is 5.78 Å². The minimum Gasteiger partial charge on any atom is -0.289 e. The topological polar surface area (TPSA) is 54.5 Å². The van der Waals surface area contributed by atoms with Crippen LogP contribution in [0.15, 0.2) is 59.5 Å². The molecule has 2 rings (SSSR count). The van der Waals surface area contributed by atoms with Crippen molar-refractivity contribution in [2.24, 2.45) is 0 Å². The van der Waals surface area contributed by atoms with Crippen molar-refractivity contribution in [2.45, 2.75) is 25.7 Å². The summed E-state index contributed by atoms with van der Waals surface area (Å²) in [5.41, 5.74) is 2.54. The standard InChI is InChI=1S/C20H23NO3S/c1-4-21(5-2)25(23,24)19-12-10-18(11-13-19)20(22)14-9-17-8-6-7-16(3)15-17/h6-15H,4-5H2,1-3H3/b14-9+. The largest absolute Gasteiger partial charge is 0.289 e. The molecule has 132 valence electrons. The van der Waals surface area contributed by atoms with Crippen LogP contribution in [0.3, 0.4) is 0 Å². The normalized spacial score (nSPS) is 12.0. The van der Waals surface area contributed by atoms with Crippen molar-refractivity contribution >= 4 is 21.9 Å². The molecule has 0 spiro atoms. The fourth-order valence-corrected chi connectivity index (χ4v) is 4.00. The molecule has 0 unspecified atom stereocenters. The van der Waals surface area contributed by atoms with Crippen LogP contribution in [0.5, 0.6) is 0 Å². The molecule has 0 aliphatic carbocycles. The van der Waals surface area contributed by atoms with Crippen molar-refractivity contribution in [3.63, 3.8) is 0 Å². The van der Waals surface area contributed by atoms with Gasteiger partial charge in [0.05, 0.1) is 4.90 Å². The first-order chi connectivity index (χ1) is 11.9. The van der Waals surface area contributed by atoms with E-state index in [-0.39, 0.29) is 10.7 Å². The number of hydrogen-bond acceptors (Lipinski definition) is 3. The summed E-state index contributed by atoms with van der Waals surface area (Å²) >= 11 is 0. The second kappa shape index (κ2) is 8.23. The van der Waals surface area contributed by atoms with Gasteiger partial charge in [-0.2, -0.15) is 4.31 Å². The summed E-state index contributed by atoms with van der Waals surface area (Å²) in [4.78, 5) is 12.5. The first-order valence-corrected chi connectivity index (χ1v) is 9.71. The fourth-order valence-electron chi connectivity index (χ4n) is 2.55. The van der Waals surface area contributed by atoms with E-state index in [1.54, 1.807) is 32.1 Å². The number of sulfonamides is 1. The number of hydrogen-bond donors (Lipinski definition) is 0. The quantitative estimate of drug-likeness (QED) is 0.557. The van der Waals surface area contributed by atoms with Crippen molar-refractivity contribution < 1.29 is 13.2 Å². The van der Waals surface area contributed by atoms with E-state index in [1.807, 2.05) is 31.2 Å². The Morgan fingerprint density at radius 1 is 1.04 bits per heavy atom. The first-order valence-electron chi connectivity index (χ1n) is 8.27. The van der Waals surface area contributed by atoms with Gasteiger partial charge in [-0.15, -0.1) is 0 Å². The molecule has 0 atom stereocenters. The smallest absolute Gasteiger partial charge is 0.243 e. The summed E-state index contributed by atoms with van der Waals surface area (Å²) < 4.78 is 26.3. The average molecular weight is 357 g/mol. The molecule has 0 aromatic heterocycles. The zero-order valence-electron chi connectivity index (χ0n) is 14.8. The minimum atomic E-state index is -3.50. The van der Waals surface area contributed by atoms with Crippen molar-refractivity contribution in [1.29, 1.82) is 0 Å². The Balaban J connectivity index is 2.18. The molecule has 2 aromatic carbocycles. The van der Waals surface area contributed by atoms with Gasteiger partial charge in [0, 0.05) is 18.7 Å². The van der Waals surface area contributed by atoms with Gasteiger partial charge in [0.25, 0.3) is 0 Å². The van der Waals surface area contributed by atoms with Crippen LogP contribution in [-0.4, -0.2) is 31.6 Å². The lowest BCUT2D eigenvalue weighted by Gasteiger charge is -2.18. The highest BCUT2D eigenvalue weighted by Crippen LogP contribution is 2.17. The van der Waals surface area contributed by atoms with Crippen molar-refractivity contribution in [2.75, 3.05) is 13.1 Å². The Morgan fingerprint density at radius 2 is 1.68 bits per heavy atom. The summed E-state index contributed by atoms with van der Waals surface area (Å²) in [5, 5.41) is 0. The molecule has 4 nitrogen and oxygen atoms in total. The Morgan fingerprint density at radius 3 is 2.24 bits per heavy atom. The number of ketones is 1. The Hall–Kier alpha value is -2.24. The third-order valence-electron chi connectivity index (χ3n) is 3.95. The lowest BCUT2D eigenvalue weighted by atomic mass is 10.1. The van der Waals surface area contributed by atoms with Gasteiger partial charge < -0.3 is 0 Å². The van der Waals surface area contributed by atoms with E-state index < -0.39 is 10.0 Å². The molecule has 2 aromatic rings. The molecule has 0 N–H and O–H groups in total. The van der Waals surface area contributed by atoms with Crippen LogP contribution in [0.2, 0.25) is 0 Å². The van der Waals surface area contributed by atoms with Crippen molar-refractivity contribution in [3.05, 3.63) is 71.3 Å². The van der Waals surface area contributed by atoms with Crippen LogP contribution in [0.1, 0.15) is 35.3 Å². The number of carbonyl (C=O) groups excluding carboxylic acids is 1. The van der Waals surface area contributed by atoms with E-state index in [4.69, 9.17) is 0 Å². The van der Waals surface area contributed by atoms with Crippen LogP contribution in [0.25, 0.3) is 6.08 Å². The number of allylic oxidation sites excluding steroid dienone is 1. The van der Waals surface area contributed by atoms with Crippen molar-refractivity contribution in [1.82, 2.24) is 4.31 Å². The Kier molecular flexibility index (Phi) is 6.28. The second-order valence-electron chi connectivity index (χ2n) is 5.73. The molecule has 25 heavy (non-hydrogen) atoms. The van der Waals surface area contributed by atoms with E-state index in [0.717, 1.165) is 11.1 Å². The molecule has 5 heteroatoms. The van der Waals surface area contributed by atoms with E-state index in [0.29, 0.717) is 18.7 Å². The summed E-state index contributed by atoms with van der Waals surface area (Å²) in [5.74, 6) is -0.159. The summed E-state index contributed by atoms with van der Waals surface area (Å²) in [6, 6.07) is 13.9. The zero-order chi connectivity index (χ0) is 18.4. The Bertz CT molecular complexity index is 864. The molecule has 0 fully saturated rings. The van der Waals surface area contributed by atoms with Gasteiger partial charge in [-0.1, -0.05) is 49.8 Å². The van der Waals surface area contributed by atoms with Crippen LogP contribution in [0.4, 0.5) is 0 Å². The Labute approximate surface area is 149 Å². The summed E-state index contributed by atoms with van der Waals surface area (Å²) in [6.45, 7) is 6.43. The van der Waals surface area contributed by atoms with Gasteiger partial charge in [-0.3, -0.25) is 4.79 Å². The van der Waals surface area contributed by atoms with Gasteiger partial charge >= 0.3 is 0 Å².